The molecule has 196 valence electrons. The maximum absolute atomic E-state index is 14.7. The number of piperidine rings is 1. The van der Waals surface area contributed by atoms with Crippen LogP contribution in [-0.4, -0.2) is 71.2 Å². The van der Waals surface area contributed by atoms with Crippen molar-refractivity contribution in [1.82, 2.24) is 20.3 Å². The molecule has 2 aromatic rings. The molecule has 0 aliphatic carbocycles. The smallest absolute Gasteiger partial charge is 0.229 e. The van der Waals surface area contributed by atoms with E-state index in [1.165, 1.54) is 6.20 Å². The summed E-state index contributed by atoms with van der Waals surface area (Å²) in [5.41, 5.74) is 3.88. The number of anilines is 3. The zero-order valence-corrected chi connectivity index (χ0v) is 21.9. The number of nitrogens with zero attached hydrogens (tertiary/aromatic N) is 4. The molecule has 11 heteroatoms. The highest BCUT2D eigenvalue weighted by Gasteiger charge is 2.43. The van der Waals surface area contributed by atoms with E-state index in [9.17, 15) is 4.39 Å². The van der Waals surface area contributed by atoms with E-state index < -0.39 is 5.82 Å². The largest absolute Gasteiger partial charge is 0.485 e. The van der Waals surface area contributed by atoms with Crippen molar-refractivity contribution in [2.75, 3.05) is 37.9 Å². The van der Waals surface area contributed by atoms with Gasteiger partial charge in [-0.15, -0.1) is 0 Å². The third kappa shape index (κ3) is 5.69. The van der Waals surface area contributed by atoms with Crippen LogP contribution in [0.2, 0.25) is 0 Å². The Kier molecular flexibility index (Phi) is 7.35. The van der Waals surface area contributed by atoms with Gasteiger partial charge in [-0.2, -0.15) is 4.98 Å². The first-order chi connectivity index (χ1) is 17.0. The van der Waals surface area contributed by atoms with Crippen molar-refractivity contribution in [3.8, 4) is 5.75 Å². The van der Waals surface area contributed by atoms with Crippen LogP contribution >= 0.6 is 0 Å². The lowest BCUT2D eigenvalue weighted by atomic mass is 9.77. The third-order valence-corrected chi connectivity index (χ3v) is 7.10. The first-order valence-electron chi connectivity index (χ1n) is 12.1. The van der Waals surface area contributed by atoms with Crippen LogP contribution in [-0.2, 0) is 4.74 Å². The third-order valence-electron chi connectivity index (χ3n) is 7.10. The molecule has 2 aliphatic rings. The molecular formula is C25H37FN8O2. The highest BCUT2D eigenvalue weighted by atomic mass is 19.1. The van der Waals surface area contributed by atoms with Crippen LogP contribution in [0.5, 0.6) is 5.75 Å². The number of amidine groups is 1. The Morgan fingerprint density at radius 3 is 2.47 bits per heavy atom. The first-order valence-corrected chi connectivity index (χ1v) is 12.1. The average Bonchev–Trinajstić information content (AvgIpc) is 2.77. The zero-order chi connectivity index (χ0) is 26.1. The summed E-state index contributed by atoms with van der Waals surface area (Å²) in [7, 11) is 3.78. The van der Waals surface area contributed by atoms with Crippen molar-refractivity contribution < 1.29 is 13.9 Å². The molecule has 36 heavy (non-hydrogen) atoms. The van der Waals surface area contributed by atoms with E-state index in [1.54, 1.807) is 7.05 Å². The summed E-state index contributed by atoms with van der Waals surface area (Å²) >= 11 is 0. The number of rotatable bonds is 7. The summed E-state index contributed by atoms with van der Waals surface area (Å²) in [5.74, 6) is 6.69. The Bertz CT molecular complexity index is 1100. The number of halogens is 1. The van der Waals surface area contributed by atoms with Crippen LogP contribution in [0.3, 0.4) is 0 Å². The van der Waals surface area contributed by atoms with Crippen molar-refractivity contribution in [1.29, 1.82) is 0 Å². The lowest BCUT2D eigenvalue weighted by Crippen LogP contribution is -2.61. The topological polar surface area (TPSA) is 122 Å². The molecule has 2 aliphatic heterocycles. The lowest BCUT2D eigenvalue weighted by Gasteiger charge is -2.53. The minimum atomic E-state index is -0.495. The molecule has 3 heterocycles. The number of aliphatic imine (C=N–C) groups is 1. The molecule has 0 bridgehead atoms. The highest BCUT2D eigenvalue weighted by molar-refractivity contribution is 5.99. The fourth-order valence-electron chi connectivity index (χ4n) is 4.95. The number of hydrogen-bond donors (Lipinski definition) is 4. The molecule has 0 saturated carbocycles. The normalized spacial score (nSPS) is 20.5. The monoisotopic (exact) mass is 500 g/mol. The number of hydrogen-bond acceptors (Lipinski definition) is 9. The van der Waals surface area contributed by atoms with Crippen LogP contribution in [0, 0.1) is 5.82 Å². The molecule has 0 atom stereocenters. The molecule has 1 aromatic carbocycles. The minimum Gasteiger partial charge on any atom is -0.485 e. The molecule has 0 amide bonds. The molecule has 10 nitrogen and oxygen atoms in total. The second-order valence-electron chi connectivity index (χ2n) is 10.7. The van der Waals surface area contributed by atoms with E-state index in [0.717, 1.165) is 18.4 Å². The number of aromatic nitrogens is 2. The number of likely N-dealkylation sites (tertiary alicyclic amines) is 1. The number of nitrogens with one attached hydrogen (secondary N) is 3. The number of hydrazine groups is 1. The molecule has 0 radical (unpaired) electrons. The lowest BCUT2D eigenvalue weighted by molar-refractivity contribution is -0.0796. The SMILES string of the molecule is CN=C(NN)c1cc(Nc2ncc(F)c(NC3CC(C)(C)N(C)C(C)(C)C3)n2)cc(OC2COC2)c1. The molecule has 2 saturated heterocycles. The van der Waals surface area contributed by atoms with E-state index >= 15 is 0 Å². The van der Waals surface area contributed by atoms with Crippen LogP contribution in [0.4, 0.5) is 21.8 Å². The molecule has 2 fully saturated rings. The maximum Gasteiger partial charge on any atom is 0.229 e. The quantitative estimate of drug-likeness (QED) is 0.197. The predicted octanol–water partition coefficient (Wildman–Crippen LogP) is 3.04. The Labute approximate surface area is 211 Å². The van der Waals surface area contributed by atoms with Gasteiger partial charge >= 0.3 is 0 Å². The summed E-state index contributed by atoms with van der Waals surface area (Å²) < 4.78 is 25.9. The standard InChI is InChI=1S/C25H37FN8O2/c1-24(2)10-17(11-25(3,4)34(24)6)30-22-20(26)12-29-23(32-22)31-16-7-15(21(28-5)33-27)8-18(9-16)36-19-13-35-14-19/h7-9,12,17,19H,10-11,13-14,27H2,1-6H3,(H,28,33)(H2,29,30,31,32). The first kappa shape index (κ1) is 26.1. The van der Waals surface area contributed by atoms with Crippen molar-refractivity contribution in [3.05, 3.63) is 35.8 Å². The fourth-order valence-corrected chi connectivity index (χ4v) is 4.95. The molecule has 1 aromatic heterocycles. The van der Waals surface area contributed by atoms with Gasteiger partial charge in [0.1, 0.15) is 17.7 Å². The number of ether oxygens (including phenoxy) is 2. The summed E-state index contributed by atoms with van der Waals surface area (Å²) in [6.45, 7) is 9.91. The van der Waals surface area contributed by atoms with E-state index in [1.807, 2.05) is 18.2 Å². The highest BCUT2D eigenvalue weighted by Crippen LogP contribution is 2.38. The second-order valence-corrected chi connectivity index (χ2v) is 10.7. The van der Waals surface area contributed by atoms with E-state index in [2.05, 4.69) is 70.7 Å². The molecule has 4 rings (SSSR count). The van der Waals surface area contributed by atoms with Gasteiger partial charge in [-0.05, 0) is 59.7 Å². The second kappa shape index (κ2) is 10.2. The van der Waals surface area contributed by atoms with E-state index in [-0.39, 0.29) is 35.0 Å². The molecule has 0 unspecified atom stereocenters. The molecule has 5 N–H and O–H groups in total. The Morgan fingerprint density at radius 1 is 1.19 bits per heavy atom. The van der Waals surface area contributed by atoms with Gasteiger partial charge in [0.25, 0.3) is 0 Å². The van der Waals surface area contributed by atoms with Crippen molar-refractivity contribution in [3.63, 3.8) is 0 Å². The van der Waals surface area contributed by atoms with Gasteiger partial charge in [0.05, 0.1) is 19.4 Å². The van der Waals surface area contributed by atoms with Gasteiger partial charge in [0, 0.05) is 41.5 Å². The van der Waals surface area contributed by atoms with Crippen LogP contribution in [0.25, 0.3) is 0 Å². The van der Waals surface area contributed by atoms with Gasteiger partial charge in [-0.1, -0.05) is 0 Å². The Morgan fingerprint density at radius 2 is 1.89 bits per heavy atom. The van der Waals surface area contributed by atoms with Crippen LogP contribution in [0.1, 0.15) is 46.1 Å². The Hall–Kier alpha value is -3.02. The van der Waals surface area contributed by atoms with Crippen LogP contribution < -0.4 is 26.6 Å². The fraction of sp³-hybridized carbons (Fsp3) is 0.560. The Balaban J connectivity index is 1.57. The minimum absolute atomic E-state index is 0.0122. The van der Waals surface area contributed by atoms with Gasteiger partial charge in [-0.3, -0.25) is 9.89 Å². The van der Waals surface area contributed by atoms with Crippen LogP contribution in [0.15, 0.2) is 29.4 Å². The average molecular weight is 501 g/mol. The summed E-state index contributed by atoms with van der Waals surface area (Å²) in [6.07, 6.45) is 2.88. The zero-order valence-electron chi connectivity index (χ0n) is 21.9. The van der Waals surface area contributed by atoms with Crippen molar-refractivity contribution in [2.45, 2.75) is 63.8 Å². The van der Waals surface area contributed by atoms with Gasteiger partial charge in [0.2, 0.25) is 5.95 Å². The van der Waals surface area contributed by atoms with E-state index in [0.29, 0.717) is 30.5 Å². The predicted molar refractivity (Wildman–Crippen MR) is 139 cm³/mol. The molecule has 0 spiro atoms. The van der Waals surface area contributed by atoms with Crippen molar-refractivity contribution in [2.24, 2.45) is 10.8 Å². The summed E-state index contributed by atoms with van der Waals surface area (Å²) in [4.78, 5) is 15.2. The number of benzene rings is 1. The number of nitrogens with two attached hydrogens (primary N) is 1. The van der Waals surface area contributed by atoms with E-state index in [4.69, 9.17) is 15.3 Å². The summed E-state index contributed by atoms with van der Waals surface area (Å²) in [6, 6.07) is 5.57. The van der Waals surface area contributed by atoms with Gasteiger partial charge in [0.15, 0.2) is 11.6 Å². The van der Waals surface area contributed by atoms with Gasteiger partial charge in [-0.25, -0.2) is 15.2 Å². The summed E-state index contributed by atoms with van der Waals surface area (Å²) in [5, 5.41) is 6.50. The molecular weight excluding hydrogens is 463 g/mol. The maximum atomic E-state index is 14.7. The van der Waals surface area contributed by atoms with Crippen molar-refractivity contribution >= 4 is 23.3 Å². The van der Waals surface area contributed by atoms with Gasteiger partial charge < -0.3 is 25.5 Å².